The number of aliphatic hydroxyl groups excluding tert-OH is 1. The summed E-state index contributed by atoms with van der Waals surface area (Å²) in [7, 11) is 0. The third kappa shape index (κ3) is 4.31. The Morgan fingerprint density at radius 1 is 1.24 bits per heavy atom. The predicted molar refractivity (Wildman–Crippen MR) is 91.5 cm³/mol. The van der Waals surface area contributed by atoms with Crippen LogP contribution in [0.3, 0.4) is 0 Å². The van der Waals surface area contributed by atoms with Gasteiger partial charge in [-0.15, -0.1) is 10.2 Å². The number of aliphatic hydroxyl groups is 1. The van der Waals surface area contributed by atoms with Gasteiger partial charge < -0.3 is 14.4 Å². The van der Waals surface area contributed by atoms with Crippen molar-refractivity contribution in [1.29, 1.82) is 0 Å². The minimum absolute atomic E-state index is 0.0172. The average molecular weight is 346 g/mol. The van der Waals surface area contributed by atoms with Gasteiger partial charge in [0.1, 0.15) is 5.60 Å². The highest BCUT2D eigenvalue weighted by molar-refractivity contribution is 5.68. The molecule has 2 atom stereocenters. The van der Waals surface area contributed by atoms with E-state index in [-0.39, 0.29) is 18.1 Å². The number of amides is 1. The first-order valence-corrected chi connectivity index (χ1v) is 8.93. The summed E-state index contributed by atoms with van der Waals surface area (Å²) in [6.45, 7) is 7.06. The molecule has 3 rings (SSSR count). The second-order valence-corrected chi connectivity index (χ2v) is 7.72. The topological polar surface area (TPSA) is 80.5 Å². The van der Waals surface area contributed by atoms with Gasteiger partial charge in [-0.25, -0.2) is 4.79 Å². The van der Waals surface area contributed by atoms with E-state index >= 15 is 0 Å². The van der Waals surface area contributed by atoms with Crippen molar-refractivity contribution in [3.8, 4) is 11.8 Å². The summed E-state index contributed by atoms with van der Waals surface area (Å²) in [6, 6.07) is 0. The number of carbonyl (C=O) groups is 1. The quantitative estimate of drug-likeness (QED) is 0.726. The van der Waals surface area contributed by atoms with Gasteiger partial charge in [0.05, 0.1) is 12.6 Å². The van der Waals surface area contributed by atoms with Gasteiger partial charge in [-0.05, 0) is 39.5 Å². The van der Waals surface area contributed by atoms with Gasteiger partial charge in [0.2, 0.25) is 5.82 Å². The molecule has 7 heteroatoms. The van der Waals surface area contributed by atoms with E-state index in [1.54, 1.807) is 4.90 Å². The first-order chi connectivity index (χ1) is 11.8. The van der Waals surface area contributed by atoms with Crippen molar-refractivity contribution < 1.29 is 14.6 Å². The fraction of sp³-hybridized carbons (Fsp3) is 0.722. The molecule has 2 heterocycles. The Hall–Kier alpha value is -2.07. The lowest BCUT2D eigenvalue weighted by Gasteiger charge is -2.30. The van der Waals surface area contributed by atoms with E-state index in [1.165, 1.54) is 0 Å². The van der Waals surface area contributed by atoms with Crippen LogP contribution in [0.15, 0.2) is 0 Å². The number of carbonyl (C=O) groups excluding carboxylic acids is 1. The number of rotatable bonds is 0. The fourth-order valence-corrected chi connectivity index (χ4v) is 3.17. The first kappa shape index (κ1) is 17.7. The molecule has 2 aliphatic rings. The molecule has 0 spiro atoms. The van der Waals surface area contributed by atoms with Crippen LogP contribution in [0.4, 0.5) is 4.79 Å². The van der Waals surface area contributed by atoms with Crippen molar-refractivity contribution in [2.24, 2.45) is 5.92 Å². The van der Waals surface area contributed by atoms with Crippen LogP contribution in [-0.2, 0) is 17.8 Å². The minimum atomic E-state index is -0.514. The zero-order valence-corrected chi connectivity index (χ0v) is 15.2. The molecule has 25 heavy (non-hydrogen) atoms. The van der Waals surface area contributed by atoms with Crippen molar-refractivity contribution in [1.82, 2.24) is 19.7 Å². The van der Waals surface area contributed by atoms with Crippen LogP contribution in [0.2, 0.25) is 0 Å². The Labute approximate surface area is 148 Å². The van der Waals surface area contributed by atoms with Crippen LogP contribution in [0.5, 0.6) is 0 Å². The molecule has 0 aromatic carbocycles. The number of nitrogens with zero attached hydrogens (tertiary/aromatic N) is 4. The van der Waals surface area contributed by atoms with Gasteiger partial charge in [-0.2, -0.15) is 0 Å². The number of aromatic nitrogens is 3. The molecule has 0 saturated heterocycles. The van der Waals surface area contributed by atoms with Crippen LogP contribution in [-0.4, -0.2) is 49.1 Å². The Morgan fingerprint density at radius 3 is 2.72 bits per heavy atom. The average Bonchev–Trinajstić information content (AvgIpc) is 2.95. The molecule has 1 aliphatic carbocycles. The Morgan fingerprint density at radius 2 is 2.00 bits per heavy atom. The lowest BCUT2D eigenvalue weighted by molar-refractivity contribution is 0.0195. The highest BCUT2D eigenvalue weighted by Crippen LogP contribution is 2.23. The Kier molecular flexibility index (Phi) is 5.00. The fourth-order valence-electron chi connectivity index (χ4n) is 3.17. The summed E-state index contributed by atoms with van der Waals surface area (Å²) < 4.78 is 7.36. The van der Waals surface area contributed by atoms with Crippen LogP contribution >= 0.6 is 0 Å². The zero-order valence-electron chi connectivity index (χ0n) is 15.2. The second-order valence-electron chi connectivity index (χ2n) is 7.72. The third-order valence-electron chi connectivity index (χ3n) is 4.50. The maximum Gasteiger partial charge on any atom is 0.410 e. The summed E-state index contributed by atoms with van der Waals surface area (Å²) in [5, 5.41) is 18.3. The smallest absolute Gasteiger partial charge is 0.410 e. The monoisotopic (exact) mass is 346 g/mol. The summed E-state index contributed by atoms with van der Waals surface area (Å²) in [5.74, 6) is 7.58. The summed E-state index contributed by atoms with van der Waals surface area (Å²) >= 11 is 0. The van der Waals surface area contributed by atoms with Crippen molar-refractivity contribution in [2.45, 2.75) is 71.2 Å². The Balaban J connectivity index is 1.68. The number of ether oxygens (including phenoxy) is 1. The first-order valence-electron chi connectivity index (χ1n) is 8.93. The maximum atomic E-state index is 12.2. The second kappa shape index (κ2) is 7.04. The maximum absolute atomic E-state index is 12.2. The normalized spacial score (nSPS) is 23.4. The SMILES string of the molecule is CC(C)(C)OC(=O)N1CCn2c(C#CC3CCCCC3O)nnc2C1. The van der Waals surface area contributed by atoms with Gasteiger partial charge >= 0.3 is 6.09 Å². The van der Waals surface area contributed by atoms with Crippen LogP contribution in [0.1, 0.15) is 58.1 Å². The molecular weight excluding hydrogens is 320 g/mol. The molecule has 1 aliphatic heterocycles. The number of fused-ring (bicyclic) bond motifs is 1. The molecule has 0 bridgehead atoms. The molecule has 1 aromatic heterocycles. The van der Waals surface area contributed by atoms with Crippen molar-refractivity contribution in [2.75, 3.05) is 6.54 Å². The van der Waals surface area contributed by atoms with Gasteiger partial charge in [0, 0.05) is 19.0 Å². The minimum Gasteiger partial charge on any atom is -0.444 e. The van der Waals surface area contributed by atoms with Crippen LogP contribution in [0.25, 0.3) is 0 Å². The van der Waals surface area contributed by atoms with Gasteiger partial charge in [0.15, 0.2) is 5.82 Å². The molecule has 1 amide bonds. The van der Waals surface area contributed by atoms with Crippen LogP contribution < -0.4 is 0 Å². The van der Waals surface area contributed by atoms with Gasteiger partial charge in [0.25, 0.3) is 0 Å². The summed E-state index contributed by atoms with van der Waals surface area (Å²) in [5.41, 5.74) is -0.514. The third-order valence-corrected chi connectivity index (χ3v) is 4.50. The molecule has 1 N–H and O–H groups in total. The van der Waals surface area contributed by atoms with E-state index in [2.05, 4.69) is 22.0 Å². The lowest BCUT2D eigenvalue weighted by atomic mass is 9.87. The van der Waals surface area contributed by atoms with E-state index in [0.29, 0.717) is 31.3 Å². The van der Waals surface area contributed by atoms with E-state index < -0.39 is 5.60 Å². The van der Waals surface area contributed by atoms with E-state index in [1.807, 2.05) is 25.3 Å². The lowest BCUT2D eigenvalue weighted by Crippen LogP contribution is -2.41. The molecular formula is C18H26N4O3. The molecule has 0 radical (unpaired) electrons. The molecule has 7 nitrogen and oxygen atoms in total. The van der Waals surface area contributed by atoms with E-state index in [9.17, 15) is 9.90 Å². The van der Waals surface area contributed by atoms with Crippen LogP contribution in [0, 0.1) is 17.8 Å². The largest absolute Gasteiger partial charge is 0.444 e. The van der Waals surface area contributed by atoms with Crippen molar-refractivity contribution >= 4 is 6.09 Å². The highest BCUT2D eigenvalue weighted by Gasteiger charge is 2.28. The van der Waals surface area contributed by atoms with E-state index in [0.717, 1.165) is 25.7 Å². The van der Waals surface area contributed by atoms with E-state index in [4.69, 9.17) is 4.74 Å². The Bertz CT molecular complexity index is 695. The van der Waals surface area contributed by atoms with Crippen molar-refractivity contribution in [3.63, 3.8) is 0 Å². The van der Waals surface area contributed by atoms with Crippen molar-refractivity contribution in [3.05, 3.63) is 11.6 Å². The molecule has 136 valence electrons. The standard InChI is InChI=1S/C18H26N4O3/c1-18(2,3)25-17(24)21-10-11-22-15(19-20-16(22)12-21)9-8-13-6-4-5-7-14(13)23/h13-14,23H,4-7,10-12H2,1-3H3. The number of hydrogen-bond donors (Lipinski definition) is 1. The highest BCUT2D eigenvalue weighted by atomic mass is 16.6. The molecule has 1 saturated carbocycles. The summed E-state index contributed by atoms with van der Waals surface area (Å²) in [4.78, 5) is 13.8. The zero-order chi connectivity index (χ0) is 18.0. The van der Waals surface area contributed by atoms with Gasteiger partial charge in [-0.3, -0.25) is 4.90 Å². The molecule has 1 fully saturated rings. The van der Waals surface area contributed by atoms with Gasteiger partial charge in [-0.1, -0.05) is 18.8 Å². The summed E-state index contributed by atoms with van der Waals surface area (Å²) in [6.07, 6.45) is 3.26. The number of hydrogen-bond acceptors (Lipinski definition) is 5. The predicted octanol–water partition coefficient (Wildman–Crippen LogP) is 1.93. The molecule has 1 aromatic rings. The molecule has 2 unspecified atom stereocenters.